The Morgan fingerprint density at radius 3 is 2.41 bits per heavy atom. The lowest BCUT2D eigenvalue weighted by atomic mass is 10.2. The Bertz CT molecular complexity index is 578. The SMILES string of the molecule is NC(=O)c1nnc(-c2ccc([N+](=O)[O-])cc2)s1. The molecule has 0 aliphatic carbocycles. The first-order chi connectivity index (χ1) is 8.08. The molecule has 2 rings (SSSR count). The highest BCUT2D eigenvalue weighted by molar-refractivity contribution is 7.16. The maximum absolute atomic E-state index is 10.8. The van der Waals surface area contributed by atoms with Gasteiger partial charge in [-0.1, -0.05) is 11.3 Å². The lowest BCUT2D eigenvalue weighted by Crippen LogP contribution is -2.10. The van der Waals surface area contributed by atoms with Crippen LogP contribution in [0.25, 0.3) is 10.6 Å². The summed E-state index contributed by atoms with van der Waals surface area (Å²) in [6.45, 7) is 0. The van der Waals surface area contributed by atoms with Crippen molar-refractivity contribution in [3.63, 3.8) is 0 Å². The predicted molar refractivity (Wildman–Crippen MR) is 60.5 cm³/mol. The summed E-state index contributed by atoms with van der Waals surface area (Å²) in [4.78, 5) is 20.8. The van der Waals surface area contributed by atoms with Crippen molar-refractivity contribution < 1.29 is 9.72 Å². The molecule has 0 spiro atoms. The quantitative estimate of drug-likeness (QED) is 0.649. The molecule has 0 saturated carbocycles. The number of nitro groups is 1. The van der Waals surface area contributed by atoms with E-state index < -0.39 is 10.8 Å². The van der Waals surface area contributed by atoms with Crippen LogP contribution in [-0.2, 0) is 0 Å². The van der Waals surface area contributed by atoms with Crippen LogP contribution in [0.1, 0.15) is 9.80 Å². The van der Waals surface area contributed by atoms with Crippen molar-refractivity contribution in [1.82, 2.24) is 10.2 Å². The van der Waals surface area contributed by atoms with Gasteiger partial charge < -0.3 is 5.73 Å². The lowest BCUT2D eigenvalue weighted by Gasteiger charge is -1.94. The van der Waals surface area contributed by atoms with Gasteiger partial charge in [-0.15, -0.1) is 10.2 Å². The van der Waals surface area contributed by atoms with Crippen LogP contribution in [0.3, 0.4) is 0 Å². The van der Waals surface area contributed by atoms with E-state index in [-0.39, 0.29) is 10.7 Å². The van der Waals surface area contributed by atoms with Gasteiger partial charge in [0, 0.05) is 17.7 Å². The fourth-order valence-corrected chi connectivity index (χ4v) is 1.87. The highest BCUT2D eigenvalue weighted by Gasteiger charge is 2.11. The Labute approximate surface area is 99.1 Å². The van der Waals surface area contributed by atoms with Crippen LogP contribution in [0.15, 0.2) is 24.3 Å². The number of hydrogen-bond acceptors (Lipinski definition) is 6. The second-order valence-electron chi connectivity index (χ2n) is 3.08. The Morgan fingerprint density at radius 1 is 1.29 bits per heavy atom. The van der Waals surface area contributed by atoms with Gasteiger partial charge in [-0.25, -0.2) is 0 Å². The first kappa shape index (κ1) is 11.1. The number of nitrogens with two attached hydrogens (primary N) is 1. The Kier molecular flexibility index (Phi) is 2.79. The number of nitrogens with zero attached hydrogens (tertiary/aromatic N) is 3. The number of carbonyl (C=O) groups excluding carboxylic acids is 1. The number of benzene rings is 1. The summed E-state index contributed by atoms with van der Waals surface area (Å²) in [5.41, 5.74) is 5.70. The molecule has 17 heavy (non-hydrogen) atoms. The van der Waals surface area contributed by atoms with E-state index in [4.69, 9.17) is 5.73 Å². The number of non-ortho nitro benzene ring substituents is 1. The Morgan fingerprint density at radius 2 is 1.94 bits per heavy atom. The molecule has 1 aromatic heterocycles. The van der Waals surface area contributed by atoms with E-state index in [2.05, 4.69) is 10.2 Å². The number of hydrogen-bond donors (Lipinski definition) is 1. The molecule has 8 heteroatoms. The first-order valence-electron chi connectivity index (χ1n) is 4.46. The van der Waals surface area contributed by atoms with Crippen molar-refractivity contribution in [3.05, 3.63) is 39.4 Å². The highest BCUT2D eigenvalue weighted by atomic mass is 32.1. The van der Waals surface area contributed by atoms with E-state index in [0.717, 1.165) is 11.3 Å². The molecule has 0 radical (unpaired) electrons. The third-order valence-corrected chi connectivity index (χ3v) is 2.95. The van der Waals surface area contributed by atoms with Crippen LogP contribution in [0, 0.1) is 10.1 Å². The fourth-order valence-electron chi connectivity index (χ4n) is 1.17. The van der Waals surface area contributed by atoms with Gasteiger partial charge in [0.15, 0.2) is 0 Å². The van der Waals surface area contributed by atoms with Gasteiger partial charge in [-0.2, -0.15) is 0 Å². The highest BCUT2D eigenvalue weighted by Crippen LogP contribution is 2.25. The molecule has 0 saturated heterocycles. The maximum atomic E-state index is 10.8. The van der Waals surface area contributed by atoms with Crippen LogP contribution in [0.5, 0.6) is 0 Å². The zero-order valence-corrected chi connectivity index (χ0v) is 9.18. The molecule has 0 aliphatic rings. The number of amides is 1. The average Bonchev–Trinajstić information content (AvgIpc) is 2.78. The largest absolute Gasteiger partial charge is 0.363 e. The number of primary amides is 1. The van der Waals surface area contributed by atoms with Crippen LogP contribution in [0.4, 0.5) is 5.69 Å². The second kappa shape index (κ2) is 4.26. The minimum Gasteiger partial charge on any atom is -0.363 e. The molecule has 7 nitrogen and oxygen atoms in total. The summed E-state index contributed by atoms with van der Waals surface area (Å²) in [5.74, 6) is -0.643. The van der Waals surface area contributed by atoms with Crippen molar-refractivity contribution in [1.29, 1.82) is 0 Å². The van der Waals surface area contributed by atoms with Gasteiger partial charge in [0.2, 0.25) is 5.01 Å². The smallest absolute Gasteiger partial charge is 0.279 e. The van der Waals surface area contributed by atoms with Crippen molar-refractivity contribution in [2.24, 2.45) is 5.73 Å². The third-order valence-electron chi connectivity index (χ3n) is 1.96. The predicted octanol–water partition coefficient (Wildman–Crippen LogP) is 1.21. The van der Waals surface area contributed by atoms with Gasteiger partial charge in [0.25, 0.3) is 11.6 Å². The summed E-state index contributed by atoms with van der Waals surface area (Å²) < 4.78 is 0. The molecule has 2 N–H and O–H groups in total. The van der Waals surface area contributed by atoms with E-state index in [9.17, 15) is 14.9 Å². The average molecular weight is 250 g/mol. The summed E-state index contributed by atoms with van der Waals surface area (Å²) in [5, 5.41) is 18.5. The molecule has 0 bridgehead atoms. The van der Waals surface area contributed by atoms with Gasteiger partial charge in [0.05, 0.1) is 4.92 Å². The molecule has 0 unspecified atom stereocenters. The summed E-state index contributed by atoms with van der Waals surface area (Å²) >= 11 is 1.04. The number of carbonyl (C=O) groups is 1. The zero-order valence-electron chi connectivity index (χ0n) is 8.36. The molecular formula is C9H6N4O3S. The van der Waals surface area contributed by atoms with E-state index >= 15 is 0 Å². The summed E-state index contributed by atoms with van der Waals surface area (Å²) in [6.07, 6.45) is 0. The molecule has 0 atom stereocenters. The topological polar surface area (TPSA) is 112 Å². The van der Waals surface area contributed by atoms with E-state index in [0.29, 0.717) is 10.6 Å². The summed E-state index contributed by atoms with van der Waals surface area (Å²) in [7, 11) is 0. The molecule has 2 aromatic rings. The van der Waals surface area contributed by atoms with E-state index in [1.807, 2.05) is 0 Å². The van der Waals surface area contributed by atoms with Crippen LogP contribution < -0.4 is 5.73 Å². The van der Waals surface area contributed by atoms with Crippen LogP contribution in [-0.4, -0.2) is 21.0 Å². The molecule has 0 aliphatic heterocycles. The van der Waals surface area contributed by atoms with Crippen molar-refractivity contribution >= 4 is 22.9 Å². The summed E-state index contributed by atoms with van der Waals surface area (Å²) in [6, 6.07) is 5.81. The van der Waals surface area contributed by atoms with Crippen molar-refractivity contribution in [3.8, 4) is 10.6 Å². The number of nitro benzene ring substituents is 1. The first-order valence-corrected chi connectivity index (χ1v) is 5.27. The third kappa shape index (κ3) is 2.26. The molecule has 86 valence electrons. The van der Waals surface area contributed by atoms with Gasteiger partial charge in [-0.05, 0) is 12.1 Å². The van der Waals surface area contributed by atoms with Crippen molar-refractivity contribution in [2.45, 2.75) is 0 Å². The standard InChI is InChI=1S/C9H6N4O3S/c10-7(14)9-12-11-8(17-9)5-1-3-6(4-2-5)13(15)16/h1-4H,(H2,10,14). The van der Waals surface area contributed by atoms with Crippen LogP contribution >= 0.6 is 11.3 Å². The molecule has 1 aromatic carbocycles. The molecule has 1 heterocycles. The van der Waals surface area contributed by atoms with Gasteiger partial charge in [0.1, 0.15) is 5.01 Å². The van der Waals surface area contributed by atoms with E-state index in [1.165, 1.54) is 12.1 Å². The Balaban J connectivity index is 2.33. The number of rotatable bonds is 3. The fraction of sp³-hybridized carbons (Fsp3) is 0. The van der Waals surface area contributed by atoms with Crippen molar-refractivity contribution in [2.75, 3.05) is 0 Å². The normalized spacial score (nSPS) is 10.1. The van der Waals surface area contributed by atoms with E-state index in [1.54, 1.807) is 12.1 Å². The molecule has 1 amide bonds. The minimum absolute atomic E-state index is 0.00612. The Hall–Kier alpha value is -2.35. The maximum Gasteiger partial charge on any atom is 0.279 e. The van der Waals surface area contributed by atoms with Gasteiger partial charge in [-0.3, -0.25) is 14.9 Å². The number of aromatic nitrogens is 2. The molecule has 0 fully saturated rings. The monoisotopic (exact) mass is 250 g/mol. The van der Waals surface area contributed by atoms with Gasteiger partial charge >= 0.3 is 0 Å². The van der Waals surface area contributed by atoms with Crippen LogP contribution in [0.2, 0.25) is 0 Å². The zero-order chi connectivity index (χ0) is 12.4. The molecular weight excluding hydrogens is 244 g/mol. The minimum atomic E-state index is -0.643. The lowest BCUT2D eigenvalue weighted by molar-refractivity contribution is -0.384. The second-order valence-corrected chi connectivity index (χ2v) is 4.06.